The number of alkyl halides is 3. The molecule has 0 unspecified atom stereocenters. The lowest BCUT2D eigenvalue weighted by Crippen LogP contribution is -2.36. The molecule has 0 amide bonds. The number of aliphatic hydroxyl groups excluding tert-OH is 1. The zero-order chi connectivity index (χ0) is 18.9. The van der Waals surface area contributed by atoms with Crippen LogP contribution in [-0.2, 0) is 0 Å². The molecule has 2 aromatic rings. The van der Waals surface area contributed by atoms with E-state index in [1.807, 2.05) is 4.90 Å². The van der Waals surface area contributed by atoms with Gasteiger partial charge in [0.15, 0.2) is 11.6 Å². The lowest BCUT2D eigenvalue weighted by Gasteiger charge is -2.30. The van der Waals surface area contributed by atoms with E-state index in [2.05, 4.69) is 14.7 Å². The monoisotopic (exact) mass is 371 g/mol. The molecule has 0 bridgehead atoms. The third-order valence-corrected chi connectivity index (χ3v) is 4.07. The Morgan fingerprint density at radius 2 is 1.85 bits per heavy atom. The van der Waals surface area contributed by atoms with Crippen LogP contribution in [0.4, 0.5) is 23.4 Å². The van der Waals surface area contributed by atoms with Crippen molar-refractivity contribution < 1.29 is 27.4 Å². The van der Waals surface area contributed by atoms with Gasteiger partial charge >= 0.3 is 6.36 Å². The van der Waals surface area contributed by atoms with Gasteiger partial charge in [-0.15, -0.1) is 13.2 Å². The molecule has 1 fully saturated rings. The van der Waals surface area contributed by atoms with Gasteiger partial charge in [-0.3, -0.25) is 0 Å². The van der Waals surface area contributed by atoms with Gasteiger partial charge in [0.25, 0.3) is 0 Å². The summed E-state index contributed by atoms with van der Waals surface area (Å²) in [5, 5.41) is 9.61. The standard InChI is InChI=1S/C17H17F4N3O2/c1-10-22-14(9-16(23-10)24-6-4-12(25)5-7-24)11-2-3-15(13(18)8-11)26-17(19,20)21/h2-3,8-9,12,25H,4-7H2,1H3. The number of anilines is 1. The molecule has 0 spiro atoms. The minimum atomic E-state index is -4.96. The summed E-state index contributed by atoms with van der Waals surface area (Å²) in [4.78, 5) is 10.6. The minimum Gasteiger partial charge on any atom is -0.403 e. The highest BCUT2D eigenvalue weighted by Crippen LogP contribution is 2.30. The van der Waals surface area contributed by atoms with Crippen molar-refractivity contribution in [1.82, 2.24) is 9.97 Å². The van der Waals surface area contributed by atoms with Crippen LogP contribution in [-0.4, -0.2) is 40.6 Å². The molecule has 2 heterocycles. The van der Waals surface area contributed by atoms with Crippen LogP contribution in [0.1, 0.15) is 18.7 Å². The fourth-order valence-corrected chi connectivity index (χ4v) is 2.82. The molecule has 1 N–H and O–H groups in total. The van der Waals surface area contributed by atoms with Crippen LogP contribution in [0.5, 0.6) is 5.75 Å². The van der Waals surface area contributed by atoms with Gasteiger partial charge in [0.1, 0.15) is 11.6 Å². The lowest BCUT2D eigenvalue weighted by atomic mass is 10.1. The molecule has 0 aliphatic carbocycles. The van der Waals surface area contributed by atoms with E-state index in [-0.39, 0.29) is 6.10 Å². The Hall–Kier alpha value is -2.42. The van der Waals surface area contributed by atoms with Crippen molar-refractivity contribution in [2.24, 2.45) is 0 Å². The Balaban J connectivity index is 1.88. The molecule has 26 heavy (non-hydrogen) atoms. The zero-order valence-corrected chi connectivity index (χ0v) is 13.9. The SMILES string of the molecule is Cc1nc(-c2ccc(OC(F)(F)F)c(F)c2)cc(N2CCC(O)CC2)n1. The van der Waals surface area contributed by atoms with Crippen LogP contribution in [0.3, 0.4) is 0 Å². The minimum absolute atomic E-state index is 0.320. The molecule has 9 heteroatoms. The Labute approximate surface area is 147 Å². The Morgan fingerprint density at radius 1 is 1.15 bits per heavy atom. The largest absolute Gasteiger partial charge is 0.573 e. The summed E-state index contributed by atoms with van der Waals surface area (Å²) in [6, 6.07) is 4.85. The molecule has 1 aliphatic rings. The van der Waals surface area contributed by atoms with Gasteiger partial charge in [-0.05, 0) is 38.0 Å². The second kappa shape index (κ2) is 7.06. The summed E-state index contributed by atoms with van der Waals surface area (Å²) in [6.07, 6.45) is -4.05. The molecule has 1 aromatic heterocycles. The van der Waals surface area contributed by atoms with Gasteiger partial charge < -0.3 is 14.7 Å². The maximum absolute atomic E-state index is 14.0. The average molecular weight is 371 g/mol. The van der Waals surface area contributed by atoms with Crippen LogP contribution in [0, 0.1) is 12.7 Å². The highest BCUT2D eigenvalue weighted by atomic mass is 19.4. The highest BCUT2D eigenvalue weighted by molar-refractivity contribution is 5.64. The Kier molecular flexibility index (Phi) is 4.99. The van der Waals surface area contributed by atoms with Gasteiger partial charge in [-0.1, -0.05) is 0 Å². The number of nitrogens with zero attached hydrogens (tertiary/aromatic N) is 3. The summed E-state index contributed by atoms with van der Waals surface area (Å²) < 4.78 is 54.3. The van der Waals surface area contributed by atoms with E-state index in [9.17, 15) is 22.7 Å². The number of hydrogen-bond acceptors (Lipinski definition) is 5. The number of hydrogen-bond donors (Lipinski definition) is 1. The fourth-order valence-electron chi connectivity index (χ4n) is 2.82. The number of rotatable bonds is 3. The summed E-state index contributed by atoms with van der Waals surface area (Å²) in [6.45, 7) is 2.94. The number of ether oxygens (including phenoxy) is 1. The smallest absolute Gasteiger partial charge is 0.403 e. The first-order valence-corrected chi connectivity index (χ1v) is 8.05. The third kappa shape index (κ3) is 4.40. The van der Waals surface area contributed by atoms with Crippen molar-refractivity contribution in [3.8, 4) is 17.0 Å². The van der Waals surface area contributed by atoms with Crippen LogP contribution >= 0.6 is 0 Å². The third-order valence-electron chi connectivity index (χ3n) is 4.07. The molecule has 0 saturated carbocycles. The number of aromatic nitrogens is 2. The number of piperidine rings is 1. The number of aliphatic hydroxyl groups is 1. The second-order valence-corrected chi connectivity index (χ2v) is 6.07. The first-order chi connectivity index (χ1) is 12.2. The topological polar surface area (TPSA) is 58.5 Å². The Morgan fingerprint density at radius 3 is 2.46 bits per heavy atom. The molecule has 1 saturated heterocycles. The summed E-state index contributed by atoms with van der Waals surface area (Å²) in [5.41, 5.74) is 0.719. The molecular weight excluding hydrogens is 354 g/mol. The van der Waals surface area contributed by atoms with Crippen LogP contribution in [0.15, 0.2) is 24.3 Å². The van der Waals surface area contributed by atoms with Crippen molar-refractivity contribution in [3.05, 3.63) is 35.9 Å². The first kappa shape index (κ1) is 18.4. The van der Waals surface area contributed by atoms with Gasteiger partial charge in [0, 0.05) is 24.7 Å². The summed E-state index contributed by atoms with van der Waals surface area (Å²) in [7, 11) is 0. The number of benzene rings is 1. The molecule has 1 aliphatic heterocycles. The normalized spacial score (nSPS) is 16.0. The number of aryl methyl sites for hydroxylation is 1. The molecule has 3 rings (SSSR count). The molecule has 0 radical (unpaired) electrons. The van der Waals surface area contributed by atoms with Crippen molar-refractivity contribution in [1.29, 1.82) is 0 Å². The zero-order valence-electron chi connectivity index (χ0n) is 13.9. The molecular formula is C17H17F4N3O2. The van der Waals surface area contributed by atoms with Gasteiger partial charge in [0.05, 0.1) is 11.8 Å². The predicted octanol–water partition coefficient (Wildman–Crippen LogP) is 3.45. The molecule has 140 valence electrons. The van der Waals surface area contributed by atoms with Crippen LogP contribution in [0.2, 0.25) is 0 Å². The average Bonchev–Trinajstić information content (AvgIpc) is 2.55. The van der Waals surface area contributed by atoms with Gasteiger partial charge in [-0.25, -0.2) is 14.4 Å². The quantitative estimate of drug-likeness (QED) is 0.838. The lowest BCUT2D eigenvalue weighted by molar-refractivity contribution is -0.275. The highest BCUT2D eigenvalue weighted by Gasteiger charge is 2.32. The van der Waals surface area contributed by atoms with E-state index in [0.717, 1.165) is 12.1 Å². The summed E-state index contributed by atoms with van der Waals surface area (Å²) in [5.74, 6) is -0.925. The Bertz CT molecular complexity index is 790. The summed E-state index contributed by atoms with van der Waals surface area (Å²) >= 11 is 0. The fraction of sp³-hybridized carbons (Fsp3) is 0.412. The first-order valence-electron chi connectivity index (χ1n) is 8.05. The van der Waals surface area contributed by atoms with E-state index < -0.39 is 17.9 Å². The predicted molar refractivity (Wildman–Crippen MR) is 86.3 cm³/mol. The van der Waals surface area contributed by atoms with E-state index >= 15 is 0 Å². The van der Waals surface area contributed by atoms with E-state index in [1.165, 1.54) is 6.07 Å². The maximum Gasteiger partial charge on any atom is 0.573 e. The number of halogens is 4. The van der Waals surface area contributed by atoms with Crippen molar-refractivity contribution in [2.45, 2.75) is 32.2 Å². The maximum atomic E-state index is 14.0. The van der Waals surface area contributed by atoms with Crippen molar-refractivity contribution >= 4 is 5.82 Å². The van der Waals surface area contributed by atoms with E-state index in [1.54, 1.807) is 13.0 Å². The van der Waals surface area contributed by atoms with Crippen molar-refractivity contribution in [2.75, 3.05) is 18.0 Å². The van der Waals surface area contributed by atoms with E-state index in [4.69, 9.17) is 0 Å². The van der Waals surface area contributed by atoms with Crippen LogP contribution in [0.25, 0.3) is 11.3 Å². The van der Waals surface area contributed by atoms with Gasteiger partial charge in [-0.2, -0.15) is 0 Å². The molecule has 5 nitrogen and oxygen atoms in total. The van der Waals surface area contributed by atoms with Crippen LogP contribution < -0.4 is 9.64 Å². The van der Waals surface area contributed by atoms with E-state index in [0.29, 0.717) is 48.8 Å². The van der Waals surface area contributed by atoms with Crippen molar-refractivity contribution in [3.63, 3.8) is 0 Å². The molecule has 0 atom stereocenters. The second-order valence-electron chi connectivity index (χ2n) is 6.07. The molecule has 1 aromatic carbocycles. The van der Waals surface area contributed by atoms with Gasteiger partial charge in [0.2, 0.25) is 0 Å².